The Hall–Kier alpha value is -1.14. The van der Waals surface area contributed by atoms with E-state index in [9.17, 15) is 5.21 Å². The van der Waals surface area contributed by atoms with Gasteiger partial charge in [0.2, 0.25) is 0 Å². The van der Waals surface area contributed by atoms with Gasteiger partial charge in [0.1, 0.15) is 0 Å². The summed E-state index contributed by atoms with van der Waals surface area (Å²) in [6.45, 7) is 0.117. The van der Waals surface area contributed by atoms with Gasteiger partial charge in [0.25, 0.3) is 0 Å². The molecule has 0 atom stereocenters. The van der Waals surface area contributed by atoms with Crippen LogP contribution in [0, 0.1) is 5.21 Å². The zero-order valence-electron chi connectivity index (χ0n) is 7.36. The van der Waals surface area contributed by atoms with Crippen LogP contribution in [0.25, 0.3) is 0 Å². The van der Waals surface area contributed by atoms with E-state index >= 15 is 0 Å². The zero-order chi connectivity index (χ0) is 9.68. The summed E-state index contributed by atoms with van der Waals surface area (Å²) in [5.74, 6) is 4.69. The summed E-state index contributed by atoms with van der Waals surface area (Å²) in [5, 5.41) is 14.0. The maximum Gasteiger partial charge on any atom is 0.0377 e. The van der Waals surface area contributed by atoms with Crippen molar-refractivity contribution in [2.24, 2.45) is 5.90 Å². The summed E-state index contributed by atoms with van der Waals surface area (Å²) >= 11 is 0. The summed E-state index contributed by atoms with van der Waals surface area (Å²) < 4.78 is 0. The number of rotatable bonds is 4. The Morgan fingerprint density at radius 1 is 1.62 bits per heavy atom. The van der Waals surface area contributed by atoms with Crippen molar-refractivity contribution in [3.05, 3.63) is 35.0 Å². The molecule has 0 spiro atoms. The molecule has 0 fully saturated rings. The second kappa shape index (κ2) is 4.78. The summed E-state index contributed by atoms with van der Waals surface area (Å²) in [4.78, 5) is 3.98. The lowest BCUT2D eigenvalue weighted by Gasteiger charge is -2.23. The van der Waals surface area contributed by atoms with Gasteiger partial charge in [-0.25, -0.2) is 10.2 Å². The topological polar surface area (TPSA) is 73.6 Å². The molecule has 0 amide bonds. The third kappa shape index (κ3) is 3.00. The van der Waals surface area contributed by atoms with Crippen LogP contribution in [0.15, 0.2) is 24.3 Å². The first-order chi connectivity index (χ1) is 6.26. The van der Waals surface area contributed by atoms with Crippen molar-refractivity contribution in [2.75, 3.05) is 12.4 Å². The Labute approximate surface area is 76.6 Å². The van der Waals surface area contributed by atoms with Gasteiger partial charge in [-0.2, -0.15) is 5.90 Å². The molecule has 13 heavy (non-hydrogen) atoms. The number of benzene rings is 1. The summed E-state index contributed by atoms with van der Waals surface area (Å²) in [5.41, 5.74) is 1.79. The summed E-state index contributed by atoms with van der Waals surface area (Å²) in [7, 11) is 1.81. The molecular formula is C8H12N3O2-. The van der Waals surface area contributed by atoms with Gasteiger partial charge >= 0.3 is 0 Å². The predicted molar refractivity (Wildman–Crippen MR) is 50.2 cm³/mol. The average Bonchev–Trinajstić information content (AvgIpc) is 2.18. The van der Waals surface area contributed by atoms with Gasteiger partial charge in [-0.15, -0.1) is 0 Å². The standard InChI is InChI=1S/C8H12N3O2/c1-10-8-4-2-3-7(5-8)6-11(12)13-9/h2-5,10H,6,9H2,1H3/q-1. The number of nitrogens with one attached hydrogen (secondary N) is 1. The third-order valence-electron chi connectivity index (χ3n) is 1.64. The monoisotopic (exact) mass is 182 g/mol. The highest BCUT2D eigenvalue weighted by Crippen LogP contribution is 2.11. The fourth-order valence-corrected chi connectivity index (χ4v) is 1.01. The van der Waals surface area contributed by atoms with E-state index in [0.29, 0.717) is 5.23 Å². The lowest BCUT2D eigenvalue weighted by atomic mass is 10.2. The second-order valence-electron chi connectivity index (χ2n) is 2.55. The highest BCUT2D eigenvalue weighted by Gasteiger charge is 1.95. The van der Waals surface area contributed by atoms with Gasteiger partial charge in [-0.1, -0.05) is 12.1 Å². The molecule has 5 nitrogen and oxygen atoms in total. The third-order valence-corrected chi connectivity index (χ3v) is 1.64. The molecule has 3 N–H and O–H groups in total. The average molecular weight is 182 g/mol. The molecule has 0 saturated heterocycles. The maximum atomic E-state index is 10.7. The number of anilines is 1. The van der Waals surface area contributed by atoms with Crippen LogP contribution >= 0.6 is 0 Å². The van der Waals surface area contributed by atoms with E-state index < -0.39 is 0 Å². The Balaban J connectivity index is 2.66. The van der Waals surface area contributed by atoms with E-state index in [2.05, 4.69) is 16.2 Å². The highest BCUT2D eigenvalue weighted by molar-refractivity contribution is 5.44. The lowest BCUT2D eigenvalue weighted by Crippen LogP contribution is -2.20. The van der Waals surface area contributed by atoms with Gasteiger partial charge in [-0.3, -0.25) is 0 Å². The summed E-state index contributed by atoms with van der Waals surface area (Å²) in [6.07, 6.45) is 0. The molecular weight excluding hydrogens is 170 g/mol. The number of hydrogen-bond acceptors (Lipinski definition) is 5. The van der Waals surface area contributed by atoms with Crippen LogP contribution in [0.1, 0.15) is 5.56 Å². The molecule has 0 aliphatic rings. The van der Waals surface area contributed by atoms with E-state index in [1.807, 2.05) is 31.3 Å². The first-order valence-electron chi connectivity index (χ1n) is 3.84. The van der Waals surface area contributed by atoms with Crippen LogP contribution in [-0.2, 0) is 11.5 Å². The minimum Gasteiger partial charge on any atom is -0.760 e. The molecule has 0 unspecified atom stereocenters. The van der Waals surface area contributed by atoms with Gasteiger partial charge in [0, 0.05) is 19.3 Å². The van der Waals surface area contributed by atoms with Gasteiger partial charge in [-0.05, 0) is 17.7 Å². The van der Waals surface area contributed by atoms with Gasteiger partial charge < -0.3 is 10.5 Å². The molecule has 0 heterocycles. The Morgan fingerprint density at radius 2 is 2.38 bits per heavy atom. The number of nitrogens with zero attached hydrogens (tertiary/aromatic N) is 1. The quantitative estimate of drug-likeness (QED) is 0.675. The van der Waals surface area contributed by atoms with E-state index in [4.69, 9.17) is 0 Å². The fraction of sp³-hybridized carbons (Fsp3) is 0.250. The zero-order valence-corrected chi connectivity index (χ0v) is 7.36. The maximum absolute atomic E-state index is 10.7. The molecule has 0 saturated carbocycles. The van der Waals surface area contributed by atoms with E-state index in [0.717, 1.165) is 11.3 Å². The van der Waals surface area contributed by atoms with Gasteiger partial charge in [0.15, 0.2) is 0 Å². The Bertz CT molecular complexity index is 267. The molecule has 72 valence electrons. The Kier molecular flexibility index (Phi) is 3.66. The van der Waals surface area contributed by atoms with E-state index in [-0.39, 0.29) is 6.54 Å². The molecule has 0 radical (unpaired) electrons. The predicted octanol–water partition coefficient (Wildman–Crippen LogP) is 0.833. The molecule has 1 aromatic carbocycles. The number of hydroxylamine groups is 2. The number of nitrogens with two attached hydrogens (primary N) is 1. The minimum absolute atomic E-state index is 0.117. The molecule has 0 aliphatic heterocycles. The van der Waals surface area contributed by atoms with Crippen molar-refractivity contribution in [3.63, 3.8) is 0 Å². The highest BCUT2D eigenvalue weighted by atomic mass is 16.9. The minimum atomic E-state index is 0.117. The Morgan fingerprint density at radius 3 is 3.00 bits per heavy atom. The van der Waals surface area contributed by atoms with Crippen molar-refractivity contribution in [2.45, 2.75) is 6.54 Å². The molecule has 0 aromatic heterocycles. The van der Waals surface area contributed by atoms with Crippen LogP contribution < -0.4 is 11.2 Å². The van der Waals surface area contributed by atoms with E-state index in [1.165, 1.54) is 0 Å². The fourth-order valence-electron chi connectivity index (χ4n) is 1.01. The van der Waals surface area contributed by atoms with Gasteiger partial charge in [0.05, 0.1) is 0 Å². The van der Waals surface area contributed by atoms with Crippen LogP contribution in [-0.4, -0.2) is 12.3 Å². The van der Waals surface area contributed by atoms with Crippen molar-refractivity contribution in [3.8, 4) is 0 Å². The first kappa shape index (κ1) is 9.94. The largest absolute Gasteiger partial charge is 0.760 e. The molecule has 1 rings (SSSR count). The van der Waals surface area contributed by atoms with Crippen molar-refractivity contribution >= 4 is 5.69 Å². The van der Waals surface area contributed by atoms with Crippen molar-refractivity contribution in [1.29, 1.82) is 0 Å². The molecule has 1 aromatic rings. The normalized spacial score (nSPS) is 10.5. The SMILES string of the molecule is CNc1cccc(CN([O-])ON)c1. The van der Waals surface area contributed by atoms with Crippen LogP contribution in [0.2, 0.25) is 0 Å². The number of hydrogen-bond donors (Lipinski definition) is 2. The van der Waals surface area contributed by atoms with Crippen LogP contribution in [0.5, 0.6) is 0 Å². The first-order valence-corrected chi connectivity index (χ1v) is 3.84. The van der Waals surface area contributed by atoms with Crippen LogP contribution in [0.4, 0.5) is 5.69 Å². The molecule has 0 bridgehead atoms. The van der Waals surface area contributed by atoms with Crippen molar-refractivity contribution < 1.29 is 4.94 Å². The molecule has 5 heteroatoms. The smallest absolute Gasteiger partial charge is 0.0377 e. The van der Waals surface area contributed by atoms with E-state index in [1.54, 1.807) is 0 Å². The second-order valence-corrected chi connectivity index (χ2v) is 2.55. The lowest BCUT2D eigenvalue weighted by molar-refractivity contribution is -0.131. The summed E-state index contributed by atoms with van der Waals surface area (Å²) in [6, 6.07) is 7.43. The molecule has 0 aliphatic carbocycles. The van der Waals surface area contributed by atoms with Crippen LogP contribution in [0.3, 0.4) is 0 Å². The van der Waals surface area contributed by atoms with Crippen molar-refractivity contribution in [1.82, 2.24) is 5.23 Å².